The molecule has 1 unspecified atom stereocenters. The topological polar surface area (TPSA) is 105 Å². The van der Waals surface area contributed by atoms with Gasteiger partial charge in [-0.2, -0.15) is 0 Å². The number of nitrogens with zero attached hydrogens (tertiary/aromatic N) is 1. The molecule has 148 valence electrons. The Labute approximate surface area is 176 Å². The number of fused-ring (bicyclic) bond motifs is 1. The van der Waals surface area contributed by atoms with E-state index in [0.29, 0.717) is 34.6 Å². The van der Waals surface area contributed by atoms with E-state index in [1.54, 1.807) is 42.5 Å². The number of thioether (sulfide) groups is 1. The van der Waals surface area contributed by atoms with Crippen LogP contribution in [0.1, 0.15) is 22.3 Å². The minimum atomic E-state index is -3.96. The highest BCUT2D eigenvalue weighted by Crippen LogP contribution is 2.37. The number of alkyl halides is 1. The third-order valence-corrected chi connectivity index (χ3v) is 7.61. The second kappa shape index (κ2) is 7.66. The molecule has 7 nitrogen and oxygen atoms in total. The standard InChI is InChI=1S/C19H14ClN3O4S2/c20-15-9-10-16(28-15)29(26,27)23-19(25)21-12-7-5-11(6-8-12)17-18(24)13-3-1-2-4-14(13)22-17/h1-8,10,15H,9H2,(H2,21,23,25). The number of halogens is 1. The number of anilines is 1. The summed E-state index contributed by atoms with van der Waals surface area (Å²) in [6.07, 6.45) is 1.89. The number of aliphatic imine (C=N–C) groups is 1. The number of benzene rings is 2. The van der Waals surface area contributed by atoms with Crippen molar-refractivity contribution in [2.45, 2.75) is 11.1 Å². The fraction of sp³-hybridized carbons (Fsp3) is 0.105. The van der Waals surface area contributed by atoms with Crippen LogP contribution in [0, 0.1) is 0 Å². The van der Waals surface area contributed by atoms with Crippen molar-refractivity contribution in [1.82, 2.24) is 4.72 Å². The molecule has 0 aromatic heterocycles. The Bertz CT molecular complexity index is 1170. The van der Waals surface area contributed by atoms with Crippen LogP contribution in [0.15, 0.2) is 63.8 Å². The van der Waals surface area contributed by atoms with E-state index in [0.717, 1.165) is 11.8 Å². The fourth-order valence-corrected chi connectivity index (χ4v) is 5.75. The van der Waals surface area contributed by atoms with Gasteiger partial charge >= 0.3 is 6.03 Å². The van der Waals surface area contributed by atoms with Gasteiger partial charge in [0.25, 0.3) is 10.0 Å². The zero-order valence-corrected chi connectivity index (χ0v) is 17.1. The number of nitrogens with one attached hydrogen (secondary N) is 2. The summed E-state index contributed by atoms with van der Waals surface area (Å²) in [5, 5.41) is 2.46. The van der Waals surface area contributed by atoms with Crippen LogP contribution in [-0.4, -0.2) is 30.7 Å². The highest BCUT2D eigenvalue weighted by molar-refractivity contribution is 8.19. The van der Waals surface area contributed by atoms with Crippen molar-refractivity contribution in [3.63, 3.8) is 0 Å². The Balaban J connectivity index is 1.43. The van der Waals surface area contributed by atoms with Crippen molar-refractivity contribution in [2.24, 2.45) is 4.99 Å². The van der Waals surface area contributed by atoms with Crippen LogP contribution < -0.4 is 10.0 Å². The quantitative estimate of drug-likeness (QED) is 0.689. The van der Waals surface area contributed by atoms with E-state index in [1.807, 2.05) is 10.8 Å². The van der Waals surface area contributed by atoms with Crippen molar-refractivity contribution in [3.05, 3.63) is 70.0 Å². The third-order valence-electron chi connectivity index (χ3n) is 4.22. The molecule has 10 heteroatoms. The Hall–Kier alpha value is -2.62. The molecule has 1 atom stereocenters. The van der Waals surface area contributed by atoms with Crippen LogP contribution in [0.5, 0.6) is 0 Å². The number of Topliss-reactive ketones (excluding diaryl/α,β-unsaturated/α-hetero) is 1. The van der Waals surface area contributed by atoms with Crippen LogP contribution in [0.2, 0.25) is 0 Å². The number of carbonyl (C=O) groups is 2. The molecule has 2 aliphatic heterocycles. The molecule has 2 heterocycles. The Kier molecular flexibility index (Phi) is 5.20. The first kappa shape index (κ1) is 19.7. The van der Waals surface area contributed by atoms with E-state index >= 15 is 0 Å². The number of hydrogen-bond donors (Lipinski definition) is 2. The highest BCUT2D eigenvalue weighted by Gasteiger charge is 2.28. The van der Waals surface area contributed by atoms with Crippen LogP contribution in [0.3, 0.4) is 0 Å². The van der Waals surface area contributed by atoms with Gasteiger partial charge in [-0.15, -0.1) is 11.6 Å². The molecular formula is C19H14ClN3O4S2. The molecule has 0 bridgehead atoms. The lowest BCUT2D eigenvalue weighted by Gasteiger charge is -2.09. The molecular weight excluding hydrogens is 434 g/mol. The Morgan fingerprint density at radius 2 is 1.86 bits per heavy atom. The van der Waals surface area contributed by atoms with E-state index in [2.05, 4.69) is 10.3 Å². The lowest BCUT2D eigenvalue weighted by molar-refractivity contribution is 0.107. The molecule has 0 radical (unpaired) electrons. The van der Waals surface area contributed by atoms with Crippen molar-refractivity contribution >= 4 is 62.3 Å². The van der Waals surface area contributed by atoms with Crippen LogP contribution in [0.25, 0.3) is 0 Å². The molecule has 0 spiro atoms. The normalized spacial score (nSPS) is 18.1. The van der Waals surface area contributed by atoms with Gasteiger partial charge in [0, 0.05) is 16.8 Å². The van der Waals surface area contributed by atoms with Gasteiger partial charge in [-0.3, -0.25) is 4.79 Å². The number of allylic oxidation sites excluding steroid dienone is 1. The number of urea groups is 1. The molecule has 0 saturated carbocycles. The number of amides is 2. The average molecular weight is 448 g/mol. The van der Waals surface area contributed by atoms with E-state index < -0.39 is 16.1 Å². The van der Waals surface area contributed by atoms with E-state index in [4.69, 9.17) is 11.6 Å². The zero-order chi connectivity index (χ0) is 20.6. The average Bonchev–Trinajstić information content (AvgIpc) is 3.27. The monoisotopic (exact) mass is 447 g/mol. The van der Waals surface area contributed by atoms with Gasteiger partial charge in [0.15, 0.2) is 0 Å². The van der Waals surface area contributed by atoms with E-state index in [1.165, 1.54) is 6.08 Å². The number of para-hydroxylation sites is 1. The van der Waals surface area contributed by atoms with Crippen LogP contribution >= 0.6 is 23.4 Å². The molecule has 4 rings (SSSR count). The van der Waals surface area contributed by atoms with Crippen LogP contribution in [0.4, 0.5) is 16.2 Å². The number of carbonyl (C=O) groups excluding carboxylic acids is 2. The second-order valence-corrected chi connectivity index (χ2v) is 10.2. The van der Waals surface area contributed by atoms with Gasteiger partial charge in [-0.05, 0) is 30.7 Å². The van der Waals surface area contributed by atoms with Crippen molar-refractivity contribution in [1.29, 1.82) is 0 Å². The summed E-state index contributed by atoms with van der Waals surface area (Å²) in [6, 6.07) is 12.6. The first-order valence-corrected chi connectivity index (χ1v) is 11.3. The summed E-state index contributed by atoms with van der Waals surface area (Å²) in [4.78, 5) is 28.9. The van der Waals surface area contributed by atoms with E-state index in [9.17, 15) is 18.0 Å². The maximum Gasteiger partial charge on any atom is 0.333 e. The number of sulfonamides is 1. The number of ketones is 1. The van der Waals surface area contributed by atoms with Crippen molar-refractivity contribution in [3.8, 4) is 0 Å². The summed E-state index contributed by atoms with van der Waals surface area (Å²) in [5.74, 6) is -0.162. The first-order valence-electron chi connectivity index (χ1n) is 8.51. The van der Waals surface area contributed by atoms with Gasteiger partial charge in [0.2, 0.25) is 5.78 Å². The summed E-state index contributed by atoms with van der Waals surface area (Å²) < 4.78 is 26.0. The Morgan fingerprint density at radius 1 is 1.14 bits per heavy atom. The summed E-state index contributed by atoms with van der Waals surface area (Å²) in [7, 11) is -3.96. The van der Waals surface area contributed by atoms with Gasteiger partial charge in [0.05, 0.1) is 10.4 Å². The van der Waals surface area contributed by atoms with Gasteiger partial charge in [-0.25, -0.2) is 22.9 Å². The van der Waals surface area contributed by atoms with E-state index in [-0.39, 0.29) is 14.7 Å². The minimum Gasteiger partial charge on any atom is -0.307 e. The highest BCUT2D eigenvalue weighted by atomic mass is 35.5. The van der Waals surface area contributed by atoms with Gasteiger partial charge in [-0.1, -0.05) is 42.1 Å². The second-order valence-electron chi connectivity index (χ2n) is 6.23. The maximum absolute atomic E-state index is 12.5. The molecule has 0 fully saturated rings. The molecule has 2 aliphatic rings. The molecule has 2 aromatic rings. The lowest BCUT2D eigenvalue weighted by atomic mass is 10.0. The largest absolute Gasteiger partial charge is 0.333 e. The molecule has 0 saturated heterocycles. The molecule has 2 amide bonds. The van der Waals surface area contributed by atoms with Crippen molar-refractivity contribution in [2.75, 3.05) is 5.32 Å². The Morgan fingerprint density at radius 3 is 2.52 bits per heavy atom. The number of rotatable bonds is 4. The zero-order valence-electron chi connectivity index (χ0n) is 14.8. The predicted octanol–water partition coefficient (Wildman–Crippen LogP) is 4.00. The fourth-order valence-electron chi connectivity index (χ4n) is 2.88. The summed E-state index contributed by atoms with van der Waals surface area (Å²) in [6.45, 7) is 0. The minimum absolute atomic E-state index is 0.0281. The summed E-state index contributed by atoms with van der Waals surface area (Å²) in [5.41, 5.74) is 2.47. The molecule has 29 heavy (non-hydrogen) atoms. The van der Waals surface area contributed by atoms with Gasteiger partial charge in [0.1, 0.15) is 9.95 Å². The maximum atomic E-state index is 12.5. The summed E-state index contributed by atoms with van der Waals surface area (Å²) >= 11 is 6.86. The van der Waals surface area contributed by atoms with Crippen molar-refractivity contribution < 1.29 is 18.0 Å². The van der Waals surface area contributed by atoms with Crippen LogP contribution in [-0.2, 0) is 10.0 Å². The molecule has 0 aliphatic carbocycles. The van der Waals surface area contributed by atoms with Gasteiger partial charge < -0.3 is 5.32 Å². The third kappa shape index (κ3) is 4.07. The lowest BCUT2D eigenvalue weighted by Crippen LogP contribution is -2.34. The SMILES string of the molecule is O=C(Nc1ccc(C2=Nc3ccccc3C2=O)cc1)NS(=O)(=O)C1=CCC(Cl)S1. The number of hydrogen-bond acceptors (Lipinski definition) is 6. The first-order chi connectivity index (χ1) is 13.8. The molecule has 2 N–H and O–H groups in total. The predicted molar refractivity (Wildman–Crippen MR) is 114 cm³/mol. The smallest absolute Gasteiger partial charge is 0.307 e. The molecule has 2 aromatic carbocycles.